The van der Waals surface area contributed by atoms with Gasteiger partial charge in [0.15, 0.2) is 0 Å². The van der Waals surface area contributed by atoms with Crippen molar-refractivity contribution >= 4 is 17.2 Å². The maximum atomic E-state index is 13.2. The predicted octanol–water partition coefficient (Wildman–Crippen LogP) is 4.06. The van der Waals surface area contributed by atoms with Crippen LogP contribution in [0.4, 0.5) is 5.82 Å². The van der Waals surface area contributed by atoms with Gasteiger partial charge in [0, 0.05) is 66.2 Å². The Morgan fingerprint density at radius 1 is 1.00 bits per heavy atom. The van der Waals surface area contributed by atoms with Crippen LogP contribution in [0.1, 0.15) is 41.8 Å². The number of carbonyl (C=O) groups is 1. The number of fused-ring (bicyclic) bond motifs is 3. The van der Waals surface area contributed by atoms with Gasteiger partial charge in [-0.25, -0.2) is 14.5 Å². The van der Waals surface area contributed by atoms with Crippen molar-refractivity contribution in [3.8, 4) is 34.3 Å². The molecule has 3 aliphatic heterocycles. The quantitative estimate of drug-likeness (QED) is 0.313. The van der Waals surface area contributed by atoms with Gasteiger partial charge in [0.25, 0.3) is 5.91 Å². The van der Waals surface area contributed by atoms with Crippen LogP contribution < -0.4 is 9.64 Å². The number of nitriles is 1. The zero-order chi connectivity index (χ0) is 30.6. The average Bonchev–Trinajstić information content (AvgIpc) is 3.47. The molecule has 3 fully saturated rings. The summed E-state index contributed by atoms with van der Waals surface area (Å²) in [7, 11) is 1.55. The smallest absolute Gasteiger partial charge is 0.256 e. The Morgan fingerprint density at radius 2 is 1.82 bits per heavy atom. The van der Waals surface area contributed by atoms with Crippen molar-refractivity contribution in [2.45, 2.75) is 38.0 Å². The van der Waals surface area contributed by atoms with E-state index in [4.69, 9.17) is 9.72 Å². The van der Waals surface area contributed by atoms with E-state index >= 15 is 0 Å². The highest BCUT2D eigenvalue weighted by Crippen LogP contribution is 2.37. The molecule has 0 spiro atoms. The van der Waals surface area contributed by atoms with Crippen LogP contribution in [0.5, 0.6) is 5.88 Å². The van der Waals surface area contributed by atoms with Gasteiger partial charge < -0.3 is 19.6 Å². The van der Waals surface area contributed by atoms with Gasteiger partial charge in [-0.3, -0.25) is 9.78 Å². The molecule has 11 heteroatoms. The number of pyridine rings is 4. The lowest BCUT2D eigenvalue weighted by Gasteiger charge is -2.56. The van der Waals surface area contributed by atoms with Crippen molar-refractivity contribution in [3.05, 3.63) is 90.1 Å². The van der Waals surface area contributed by atoms with Crippen molar-refractivity contribution in [3.63, 3.8) is 0 Å². The molecule has 5 aromatic heterocycles. The van der Waals surface area contributed by atoms with Crippen molar-refractivity contribution in [1.82, 2.24) is 29.5 Å². The fourth-order valence-electron chi connectivity index (χ4n) is 6.13. The van der Waals surface area contributed by atoms with Crippen LogP contribution in [0.2, 0.25) is 0 Å². The molecular formula is C33H30N8O3. The van der Waals surface area contributed by atoms with Crippen LogP contribution in [-0.2, 0) is 5.60 Å². The second-order valence-electron chi connectivity index (χ2n) is 11.8. The number of ether oxygens (including phenoxy) is 1. The molecule has 0 radical (unpaired) electrons. The van der Waals surface area contributed by atoms with E-state index in [0.717, 1.165) is 34.6 Å². The van der Waals surface area contributed by atoms with E-state index in [-0.39, 0.29) is 18.0 Å². The molecule has 220 valence electrons. The molecule has 3 aliphatic rings. The average molecular weight is 587 g/mol. The Kier molecular flexibility index (Phi) is 6.52. The number of amides is 1. The molecule has 0 aromatic carbocycles. The summed E-state index contributed by atoms with van der Waals surface area (Å²) in [6.07, 6.45) is 9.44. The molecule has 3 saturated heterocycles. The molecule has 8 heterocycles. The van der Waals surface area contributed by atoms with Crippen molar-refractivity contribution in [2.75, 3.05) is 25.1 Å². The Bertz CT molecular complexity index is 1890. The summed E-state index contributed by atoms with van der Waals surface area (Å²) in [4.78, 5) is 30.9. The third-order valence-electron chi connectivity index (χ3n) is 8.50. The Balaban J connectivity index is 1.14. The highest BCUT2D eigenvalue weighted by Gasteiger charge is 2.47. The molecule has 2 unspecified atom stereocenters. The summed E-state index contributed by atoms with van der Waals surface area (Å²) in [5.74, 6) is 1.31. The van der Waals surface area contributed by atoms with Gasteiger partial charge in [-0.2, -0.15) is 10.4 Å². The second kappa shape index (κ2) is 10.4. The number of hydrogen-bond acceptors (Lipinski definition) is 9. The monoisotopic (exact) mass is 586 g/mol. The molecule has 5 aromatic rings. The van der Waals surface area contributed by atoms with Crippen LogP contribution >= 0.6 is 0 Å². The Morgan fingerprint density at radius 3 is 2.43 bits per heavy atom. The number of rotatable bonds is 6. The van der Waals surface area contributed by atoms with Crippen molar-refractivity contribution < 1.29 is 14.6 Å². The summed E-state index contributed by atoms with van der Waals surface area (Å²) in [6, 6.07) is 15.7. The lowest BCUT2D eigenvalue weighted by atomic mass is 9.86. The molecular weight excluding hydrogens is 556 g/mol. The number of hydrogen-bond donors (Lipinski definition) is 1. The van der Waals surface area contributed by atoms with Crippen LogP contribution in [0, 0.1) is 11.3 Å². The van der Waals surface area contributed by atoms with Gasteiger partial charge in [0.1, 0.15) is 11.9 Å². The summed E-state index contributed by atoms with van der Waals surface area (Å²) in [6.45, 7) is 4.84. The molecule has 2 bridgehead atoms. The number of piperazine rings is 1. The zero-order valence-corrected chi connectivity index (χ0v) is 24.5. The molecule has 0 saturated carbocycles. The maximum absolute atomic E-state index is 13.2. The first kappa shape index (κ1) is 27.5. The Labute approximate surface area is 254 Å². The summed E-state index contributed by atoms with van der Waals surface area (Å²) in [5, 5.41) is 24.6. The number of piperidine rings is 1. The van der Waals surface area contributed by atoms with Gasteiger partial charge in [0.05, 0.1) is 53.3 Å². The molecule has 11 nitrogen and oxygen atoms in total. The SMILES string of the molecule is COc1ccc(C(=O)N2C3CC2CN(c2ccc(-c4cc(-c5ccc(C(C)(C)O)cn5)cn5ncc(C#N)c45)cn2)C3)cn1. The van der Waals surface area contributed by atoms with Crippen molar-refractivity contribution in [1.29, 1.82) is 5.26 Å². The van der Waals surface area contributed by atoms with Crippen LogP contribution in [0.3, 0.4) is 0 Å². The van der Waals surface area contributed by atoms with Gasteiger partial charge in [-0.1, -0.05) is 6.07 Å². The zero-order valence-electron chi connectivity index (χ0n) is 24.5. The standard InChI is InChI=1S/C33H30N8O3/c1-33(2,43)24-6-7-28(35-16-24)22-10-27(31-23(12-34)15-38-40(31)17-22)20-4-8-29(36-13-20)39-18-25-11-26(19-39)41(25)32(42)21-5-9-30(44-3)37-14-21/h4-10,13-17,25-26,43H,11,18-19H2,1-3H3. The first-order valence-corrected chi connectivity index (χ1v) is 14.4. The number of anilines is 1. The first-order valence-electron chi connectivity index (χ1n) is 14.4. The molecule has 8 rings (SSSR count). The van der Waals surface area contributed by atoms with E-state index in [1.165, 1.54) is 0 Å². The normalized spacial score (nSPS) is 17.7. The number of carbonyl (C=O) groups excluding carboxylic acids is 1. The van der Waals surface area contributed by atoms with Crippen LogP contribution in [-0.4, -0.2) is 72.8 Å². The number of aromatic nitrogens is 5. The minimum Gasteiger partial charge on any atom is -0.481 e. The van der Waals surface area contributed by atoms with E-state index in [1.54, 1.807) is 56.2 Å². The number of nitrogens with zero attached hydrogens (tertiary/aromatic N) is 8. The van der Waals surface area contributed by atoms with Crippen LogP contribution in [0.25, 0.3) is 27.9 Å². The predicted molar refractivity (Wildman–Crippen MR) is 163 cm³/mol. The van der Waals surface area contributed by atoms with Gasteiger partial charge >= 0.3 is 0 Å². The Hall–Kier alpha value is -5.34. The topological polar surface area (TPSA) is 133 Å². The first-order chi connectivity index (χ1) is 21.2. The molecule has 0 aliphatic carbocycles. The van der Waals surface area contributed by atoms with Crippen LogP contribution in [0.15, 0.2) is 73.4 Å². The molecule has 44 heavy (non-hydrogen) atoms. The third-order valence-corrected chi connectivity index (χ3v) is 8.50. The summed E-state index contributed by atoms with van der Waals surface area (Å²) >= 11 is 0. The fourth-order valence-corrected chi connectivity index (χ4v) is 6.13. The summed E-state index contributed by atoms with van der Waals surface area (Å²) in [5.41, 5.74) is 4.64. The molecule has 1 N–H and O–H groups in total. The second-order valence-corrected chi connectivity index (χ2v) is 11.8. The number of aliphatic hydroxyl groups is 1. The highest BCUT2D eigenvalue weighted by atomic mass is 16.5. The van der Waals surface area contributed by atoms with E-state index < -0.39 is 5.60 Å². The highest BCUT2D eigenvalue weighted by molar-refractivity contribution is 5.95. The van der Waals surface area contributed by atoms with E-state index in [1.807, 2.05) is 47.6 Å². The largest absolute Gasteiger partial charge is 0.481 e. The van der Waals surface area contributed by atoms with E-state index in [2.05, 4.69) is 26.0 Å². The van der Waals surface area contributed by atoms with E-state index in [0.29, 0.717) is 41.2 Å². The van der Waals surface area contributed by atoms with Gasteiger partial charge in [0.2, 0.25) is 5.88 Å². The van der Waals surface area contributed by atoms with E-state index in [9.17, 15) is 15.2 Å². The van der Waals surface area contributed by atoms with Gasteiger partial charge in [-0.15, -0.1) is 0 Å². The third kappa shape index (κ3) is 4.69. The fraction of sp³-hybridized carbons (Fsp3) is 0.273. The maximum Gasteiger partial charge on any atom is 0.256 e. The number of methoxy groups -OCH3 is 1. The van der Waals surface area contributed by atoms with Crippen molar-refractivity contribution in [2.24, 2.45) is 0 Å². The molecule has 2 atom stereocenters. The minimum absolute atomic E-state index is 0.00781. The minimum atomic E-state index is -0.992. The summed E-state index contributed by atoms with van der Waals surface area (Å²) < 4.78 is 6.81. The molecule has 1 amide bonds. The lowest BCUT2D eigenvalue weighted by Crippen LogP contribution is -2.70. The van der Waals surface area contributed by atoms with Gasteiger partial charge in [-0.05, 0) is 50.6 Å². The lowest BCUT2D eigenvalue weighted by molar-refractivity contribution is 0.00572.